The molecular formula is C57H38N4O. The summed E-state index contributed by atoms with van der Waals surface area (Å²) in [7, 11) is 0. The van der Waals surface area contributed by atoms with E-state index in [1.165, 1.54) is 38.9 Å². The molecule has 0 saturated carbocycles. The van der Waals surface area contributed by atoms with Crippen molar-refractivity contribution in [1.82, 2.24) is 19.5 Å². The fourth-order valence-electron chi connectivity index (χ4n) is 9.28. The smallest absolute Gasteiger partial charge is 0.164 e. The van der Waals surface area contributed by atoms with Gasteiger partial charge in [0.25, 0.3) is 0 Å². The normalized spacial score (nSPS) is 14.8. The number of ether oxygens (including phenoxy) is 1. The first-order valence-electron chi connectivity index (χ1n) is 21.1. The van der Waals surface area contributed by atoms with Crippen LogP contribution in [-0.4, -0.2) is 19.5 Å². The largest absolute Gasteiger partial charge is 0.484 e. The number of para-hydroxylation sites is 2. The molecule has 2 unspecified atom stereocenters. The van der Waals surface area contributed by atoms with Gasteiger partial charge in [-0.3, -0.25) is 0 Å². The average Bonchev–Trinajstić information content (AvgIpc) is 3.91. The molecule has 62 heavy (non-hydrogen) atoms. The van der Waals surface area contributed by atoms with Crippen LogP contribution in [0, 0.1) is 0 Å². The molecule has 2 atom stereocenters. The number of aromatic nitrogens is 4. The molecule has 0 N–H and O–H groups in total. The van der Waals surface area contributed by atoms with Crippen LogP contribution in [0.3, 0.4) is 0 Å². The van der Waals surface area contributed by atoms with Crippen molar-refractivity contribution in [3.05, 3.63) is 229 Å². The van der Waals surface area contributed by atoms with Crippen molar-refractivity contribution >= 4 is 17.0 Å². The number of hydrogen-bond donors (Lipinski definition) is 0. The second kappa shape index (κ2) is 14.8. The van der Waals surface area contributed by atoms with Gasteiger partial charge in [0.2, 0.25) is 0 Å². The number of nitrogens with zero attached hydrogens (tertiary/aromatic N) is 4. The van der Waals surface area contributed by atoms with Crippen LogP contribution in [0.1, 0.15) is 28.8 Å². The molecule has 5 nitrogen and oxygen atoms in total. The summed E-state index contributed by atoms with van der Waals surface area (Å²) in [5, 5.41) is 1.22. The average molecular weight is 795 g/mol. The van der Waals surface area contributed by atoms with E-state index in [0.717, 1.165) is 50.4 Å². The molecule has 3 heterocycles. The topological polar surface area (TPSA) is 52.8 Å². The molecule has 2 aliphatic rings. The van der Waals surface area contributed by atoms with Crippen LogP contribution < -0.4 is 4.74 Å². The molecule has 0 bridgehead atoms. The lowest BCUT2D eigenvalue weighted by molar-refractivity contribution is 0.224. The minimum Gasteiger partial charge on any atom is -0.484 e. The molecule has 5 heteroatoms. The van der Waals surface area contributed by atoms with Gasteiger partial charge in [-0.15, -0.1) is 0 Å². The summed E-state index contributed by atoms with van der Waals surface area (Å²) >= 11 is 0. The highest BCUT2D eigenvalue weighted by atomic mass is 16.5. The minimum absolute atomic E-state index is 0.0682. The third kappa shape index (κ3) is 6.13. The molecule has 0 saturated heterocycles. The Morgan fingerprint density at radius 3 is 1.42 bits per heavy atom. The Hall–Kier alpha value is -8.15. The molecular weight excluding hydrogens is 757 g/mol. The van der Waals surface area contributed by atoms with E-state index in [0.29, 0.717) is 17.5 Å². The summed E-state index contributed by atoms with van der Waals surface area (Å²) in [5.41, 5.74) is 15.6. The first-order chi connectivity index (χ1) is 30.7. The van der Waals surface area contributed by atoms with E-state index in [9.17, 15) is 0 Å². The van der Waals surface area contributed by atoms with Crippen molar-refractivity contribution in [2.45, 2.75) is 12.0 Å². The Morgan fingerprint density at radius 2 is 0.855 bits per heavy atom. The number of hydrogen-bond acceptors (Lipinski definition) is 4. The quantitative estimate of drug-likeness (QED) is 0.161. The Labute approximate surface area is 360 Å². The summed E-state index contributed by atoms with van der Waals surface area (Å²) < 4.78 is 9.30. The van der Waals surface area contributed by atoms with E-state index in [1.54, 1.807) is 0 Å². The molecule has 0 fully saturated rings. The summed E-state index contributed by atoms with van der Waals surface area (Å²) in [5.74, 6) is 2.87. The number of rotatable bonds is 7. The highest BCUT2D eigenvalue weighted by molar-refractivity contribution is 5.92. The molecule has 292 valence electrons. The SMILES string of the molecule is C1=CC2c3c(cccc3-c3ccc(-c4nc(-c5ccc(-c6ccccc6)cc5)nc(-c5ccc(-c6ccccc6)cc5)n4)cc3)OC2c2c1n(-c1ccccc1)c1ccccc21. The Kier molecular flexibility index (Phi) is 8.56. The molecule has 1 aliphatic carbocycles. The van der Waals surface area contributed by atoms with Gasteiger partial charge < -0.3 is 9.30 Å². The third-order valence-corrected chi connectivity index (χ3v) is 12.3. The zero-order chi connectivity index (χ0) is 41.0. The summed E-state index contributed by atoms with van der Waals surface area (Å²) in [6, 6.07) is 72.1. The predicted molar refractivity (Wildman–Crippen MR) is 251 cm³/mol. The van der Waals surface area contributed by atoms with E-state index in [2.05, 4.69) is 211 Å². The van der Waals surface area contributed by atoms with Gasteiger partial charge in [-0.1, -0.05) is 188 Å². The minimum atomic E-state index is -0.133. The van der Waals surface area contributed by atoms with Crippen LogP contribution in [-0.2, 0) is 0 Å². The van der Waals surface area contributed by atoms with Crippen LogP contribution in [0.5, 0.6) is 5.75 Å². The Balaban J connectivity index is 0.907. The maximum Gasteiger partial charge on any atom is 0.164 e. The molecule has 10 aromatic rings. The van der Waals surface area contributed by atoms with Crippen molar-refractivity contribution < 1.29 is 4.74 Å². The van der Waals surface area contributed by atoms with E-state index < -0.39 is 0 Å². The van der Waals surface area contributed by atoms with Gasteiger partial charge in [0.1, 0.15) is 11.9 Å². The van der Waals surface area contributed by atoms with Crippen LogP contribution >= 0.6 is 0 Å². The van der Waals surface area contributed by atoms with E-state index in [4.69, 9.17) is 19.7 Å². The molecule has 0 amide bonds. The lowest BCUT2D eigenvalue weighted by Gasteiger charge is -2.23. The fourth-order valence-corrected chi connectivity index (χ4v) is 9.28. The van der Waals surface area contributed by atoms with Crippen molar-refractivity contribution in [1.29, 1.82) is 0 Å². The van der Waals surface area contributed by atoms with Crippen molar-refractivity contribution in [2.24, 2.45) is 0 Å². The van der Waals surface area contributed by atoms with Crippen molar-refractivity contribution in [3.8, 4) is 79.0 Å². The van der Waals surface area contributed by atoms with Gasteiger partial charge in [-0.25, -0.2) is 15.0 Å². The highest BCUT2D eigenvalue weighted by Crippen LogP contribution is 2.55. The van der Waals surface area contributed by atoms with Crippen molar-refractivity contribution in [2.75, 3.05) is 0 Å². The molecule has 12 rings (SSSR count). The fraction of sp³-hybridized carbons (Fsp3) is 0.0351. The van der Waals surface area contributed by atoms with Gasteiger partial charge in [-0.05, 0) is 63.7 Å². The maximum atomic E-state index is 6.93. The maximum absolute atomic E-state index is 6.93. The van der Waals surface area contributed by atoms with E-state index in [-0.39, 0.29) is 12.0 Å². The Morgan fingerprint density at radius 1 is 0.387 bits per heavy atom. The second-order valence-electron chi connectivity index (χ2n) is 15.9. The van der Waals surface area contributed by atoms with Crippen molar-refractivity contribution in [3.63, 3.8) is 0 Å². The molecule has 0 radical (unpaired) electrons. The van der Waals surface area contributed by atoms with Gasteiger partial charge in [0.15, 0.2) is 17.5 Å². The summed E-state index contributed by atoms with van der Waals surface area (Å²) in [4.78, 5) is 15.3. The van der Waals surface area contributed by atoms with E-state index >= 15 is 0 Å². The van der Waals surface area contributed by atoms with Gasteiger partial charge in [-0.2, -0.15) is 0 Å². The molecule has 8 aromatic carbocycles. The van der Waals surface area contributed by atoms with Crippen LogP contribution in [0.2, 0.25) is 0 Å². The lowest BCUT2D eigenvalue weighted by Crippen LogP contribution is -2.13. The van der Waals surface area contributed by atoms with Crippen LogP contribution in [0.4, 0.5) is 0 Å². The standard InChI is InChI=1S/C57H38N4O/c1-4-13-37(14-5-1)39-23-29-42(30-24-39)55-58-56(43-31-25-40(26-32-43)38-15-6-2-7-16-38)60-57(59-55)44-33-27-41(28-34-44)46-20-12-22-51-52(46)48-35-36-50-53(54(48)62-51)47-19-10-11-21-49(47)61(50)45-17-8-3-9-18-45/h1-36,48,54H. The first-order valence-corrected chi connectivity index (χ1v) is 21.1. The monoisotopic (exact) mass is 794 g/mol. The first kappa shape index (κ1) is 35.8. The zero-order valence-corrected chi connectivity index (χ0v) is 33.6. The zero-order valence-electron chi connectivity index (χ0n) is 33.6. The number of fused-ring (bicyclic) bond motifs is 7. The van der Waals surface area contributed by atoms with Crippen LogP contribution in [0.25, 0.3) is 90.2 Å². The van der Waals surface area contributed by atoms with Crippen LogP contribution in [0.15, 0.2) is 212 Å². The Bertz CT molecular complexity index is 3180. The second-order valence-corrected chi connectivity index (χ2v) is 15.9. The lowest BCUT2D eigenvalue weighted by atomic mass is 9.82. The number of benzene rings is 8. The highest BCUT2D eigenvalue weighted by Gasteiger charge is 2.41. The van der Waals surface area contributed by atoms with Gasteiger partial charge in [0.05, 0.1) is 11.2 Å². The summed E-state index contributed by atoms with van der Waals surface area (Å²) in [6.45, 7) is 0. The van der Waals surface area contributed by atoms with Gasteiger partial charge in [0, 0.05) is 44.8 Å². The molecule has 2 aromatic heterocycles. The third-order valence-electron chi connectivity index (χ3n) is 12.3. The molecule has 1 aliphatic heterocycles. The van der Waals surface area contributed by atoms with E-state index in [1.807, 2.05) is 12.1 Å². The molecule has 0 spiro atoms. The summed E-state index contributed by atoms with van der Waals surface area (Å²) in [6.07, 6.45) is 4.50. The van der Waals surface area contributed by atoms with Gasteiger partial charge >= 0.3 is 0 Å². The predicted octanol–water partition coefficient (Wildman–Crippen LogP) is 14.1.